The average Bonchev–Trinajstić information content (AvgIpc) is 2.70. The van der Waals surface area contributed by atoms with Crippen LogP contribution >= 0.6 is 0 Å². The minimum atomic E-state index is -1.95. The lowest BCUT2D eigenvalue weighted by Crippen LogP contribution is -2.43. The highest BCUT2D eigenvalue weighted by Crippen LogP contribution is 2.38. The van der Waals surface area contributed by atoms with E-state index in [9.17, 15) is 4.79 Å². The van der Waals surface area contributed by atoms with Gasteiger partial charge in [-0.1, -0.05) is 70.5 Å². The van der Waals surface area contributed by atoms with Crippen molar-refractivity contribution in [2.45, 2.75) is 104 Å². The summed E-state index contributed by atoms with van der Waals surface area (Å²) in [5, 5.41) is 0.126. The second kappa shape index (κ2) is 12.4. The number of hydrogen-bond donors (Lipinski definition) is 0. The fourth-order valence-corrected chi connectivity index (χ4v) is 4.66. The van der Waals surface area contributed by atoms with Crippen molar-refractivity contribution in [3.8, 4) is 23.7 Å². The van der Waals surface area contributed by atoms with Gasteiger partial charge in [0.05, 0.1) is 5.92 Å². The molecule has 1 rings (SSSR count). The van der Waals surface area contributed by atoms with Gasteiger partial charge >= 0.3 is 0 Å². The highest BCUT2D eigenvalue weighted by atomic mass is 28.4. The number of rotatable bonds is 9. The maximum absolute atomic E-state index is 11.5. The van der Waals surface area contributed by atoms with Crippen molar-refractivity contribution >= 4 is 14.6 Å². The molecule has 0 radical (unpaired) electrons. The van der Waals surface area contributed by atoms with E-state index in [1.165, 1.54) is 0 Å². The molecule has 1 aliphatic carbocycles. The molecule has 0 aliphatic heterocycles. The molecule has 0 saturated heterocycles. The fraction of sp³-hybridized carbons (Fsp3) is 0.621. The van der Waals surface area contributed by atoms with Gasteiger partial charge < -0.3 is 4.43 Å². The van der Waals surface area contributed by atoms with Crippen LogP contribution in [0.1, 0.15) is 79.6 Å². The second-order valence-electron chi connectivity index (χ2n) is 11.0. The van der Waals surface area contributed by atoms with Crippen molar-refractivity contribution in [2.75, 3.05) is 0 Å². The molecule has 2 atom stereocenters. The Morgan fingerprint density at radius 2 is 1.69 bits per heavy atom. The van der Waals surface area contributed by atoms with Gasteiger partial charge in [-0.15, -0.1) is 13.2 Å². The van der Waals surface area contributed by atoms with Gasteiger partial charge in [-0.05, 0) is 68.5 Å². The Kier molecular flexibility index (Phi) is 11.0. The predicted octanol–water partition coefficient (Wildman–Crippen LogP) is 7.64. The van der Waals surface area contributed by atoms with E-state index in [0.717, 1.165) is 62.4 Å². The largest absolute Gasteiger partial charge is 0.403 e. The minimum absolute atomic E-state index is 0.126. The van der Waals surface area contributed by atoms with Gasteiger partial charge in [-0.2, -0.15) is 0 Å². The molecule has 0 N–H and O–H groups in total. The third kappa shape index (κ3) is 8.61. The summed E-state index contributed by atoms with van der Waals surface area (Å²) < 4.78 is 6.65. The van der Waals surface area contributed by atoms with Crippen LogP contribution in [-0.4, -0.2) is 20.7 Å². The first-order valence-corrected chi connectivity index (χ1v) is 14.9. The normalized spacial score (nSPS) is 16.7. The summed E-state index contributed by atoms with van der Waals surface area (Å²) in [5.74, 6) is 13.6. The van der Waals surface area contributed by atoms with Gasteiger partial charge in [0.1, 0.15) is 12.4 Å². The molecule has 2 unspecified atom stereocenters. The molecule has 0 aromatic rings. The summed E-state index contributed by atoms with van der Waals surface area (Å²) in [7, 11) is -1.95. The minimum Gasteiger partial charge on any atom is -0.403 e. The van der Waals surface area contributed by atoms with E-state index in [1.807, 2.05) is 12.2 Å². The smallest absolute Gasteiger partial charge is 0.193 e. The molecule has 1 aliphatic rings. The molecule has 0 spiro atoms. The van der Waals surface area contributed by atoms with Gasteiger partial charge in [0.2, 0.25) is 0 Å². The van der Waals surface area contributed by atoms with E-state index < -0.39 is 8.32 Å². The van der Waals surface area contributed by atoms with Crippen molar-refractivity contribution in [1.82, 2.24) is 0 Å². The third-order valence-corrected chi connectivity index (χ3v) is 11.2. The van der Waals surface area contributed by atoms with Gasteiger partial charge in [-0.25, -0.2) is 0 Å². The van der Waals surface area contributed by atoms with Gasteiger partial charge in [-0.3, -0.25) is 4.79 Å². The number of hydrogen-bond acceptors (Lipinski definition) is 2. The number of carbonyl (C=O) groups is 1. The number of aldehydes is 1. The van der Waals surface area contributed by atoms with E-state index in [0.29, 0.717) is 0 Å². The van der Waals surface area contributed by atoms with Crippen LogP contribution in [0.15, 0.2) is 36.5 Å². The zero-order valence-corrected chi connectivity index (χ0v) is 22.6. The Morgan fingerprint density at radius 3 is 2.25 bits per heavy atom. The van der Waals surface area contributed by atoms with Crippen LogP contribution in [0.25, 0.3) is 0 Å². The lowest BCUT2D eigenvalue weighted by molar-refractivity contribution is -0.105. The van der Waals surface area contributed by atoms with E-state index in [-0.39, 0.29) is 22.5 Å². The highest BCUT2D eigenvalue weighted by molar-refractivity contribution is 6.74. The first-order valence-electron chi connectivity index (χ1n) is 12.0. The summed E-state index contributed by atoms with van der Waals surface area (Å²) in [6, 6.07) is 0. The zero-order valence-electron chi connectivity index (χ0n) is 21.6. The molecule has 3 heteroatoms. The fourth-order valence-electron chi connectivity index (χ4n) is 3.42. The molecule has 0 fully saturated rings. The maximum atomic E-state index is 11.5. The molecule has 0 bridgehead atoms. The molecule has 0 saturated carbocycles. The first kappa shape index (κ1) is 28.2. The van der Waals surface area contributed by atoms with Crippen molar-refractivity contribution in [3.05, 3.63) is 36.5 Å². The Morgan fingerprint density at radius 1 is 1.03 bits per heavy atom. The van der Waals surface area contributed by atoms with Crippen molar-refractivity contribution in [1.29, 1.82) is 0 Å². The standard InChI is InChI=1S/C29H44O2Si/c1-10-12-17-27(31-32(8,9)28(3,4)5)21-20-26(29(6,7)22-11-2)19-18-24-15-13-14-16-25(24)23-30/h10-11,23,26-27H,1-2,12-17,22H2,3-9H3. The van der Waals surface area contributed by atoms with Gasteiger partial charge in [0, 0.05) is 11.1 Å². The molecular formula is C29H44O2Si. The molecule has 32 heavy (non-hydrogen) atoms. The van der Waals surface area contributed by atoms with E-state index in [1.54, 1.807) is 0 Å². The summed E-state index contributed by atoms with van der Waals surface area (Å²) in [6.45, 7) is 23.5. The Balaban J connectivity index is 3.32. The third-order valence-electron chi connectivity index (χ3n) is 6.74. The van der Waals surface area contributed by atoms with Crippen molar-refractivity contribution in [2.24, 2.45) is 11.3 Å². The zero-order chi connectivity index (χ0) is 24.4. The Hall–Kier alpha value is -1.81. The average molecular weight is 453 g/mol. The van der Waals surface area contributed by atoms with E-state index in [4.69, 9.17) is 4.43 Å². The molecule has 2 nitrogen and oxygen atoms in total. The SMILES string of the molecule is C=CCCC(C#CC(C#CC1=C(C=O)CCCC1)C(C)(C)CC=C)O[Si](C)(C)C(C)(C)C. The maximum Gasteiger partial charge on any atom is 0.193 e. The van der Waals surface area contributed by atoms with Gasteiger partial charge in [0.25, 0.3) is 0 Å². The van der Waals surface area contributed by atoms with Crippen LogP contribution in [0.5, 0.6) is 0 Å². The summed E-state index contributed by atoms with van der Waals surface area (Å²) in [4.78, 5) is 11.5. The van der Waals surface area contributed by atoms with E-state index >= 15 is 0 Å². The van der Waals surface area contributed by atoms with Gasteiger partial charge in [0.15, 0.2) is 8.32 Å². The summed E-state index contributed by atoms with van der Waals surface area (Å²) in [6.07, 6.45) is 11.1. The first-order chi connectivity index (χ1) is 14.9. The predicted molar refractivity (Wildman–Crippen MR) is 141 cm³/mol. The molecule has 0 aromatic heterocycles. The summed E-state index contributed by atoms with van der Waals surface area (Å²) in [5.41, 5.74) is 1.72. The number of carbonyl (C=O) groups excluding carboxylic acids is 1. The molecule has 0 heterocycles. The van der Waals surface area contributed by atoms with Crippen molar-refractivity contribution < 1.29 is 9.22 Å². The topological polar surface area (TPSA) is 26.3 Å². The van der Waals surface area contributed by atoms with Crippen LogP contribution < -0.4 is 0 Å². The molecule has 0 amide bonds. The molecule has 0 aromatic carbocycles. The van der Waals surface area contributed by atoms with E-state index in [2.05, 4.69) is 84.6 Å². The van der Waals surface area contributed by atoms with Crippen LogP contribution in [0.3, 0.4) is 0 Å². The van der Waals surface area contributed by atoms with Crippen molar-refractivity contribution in [3.63, 3.8) is 0 Å². The lowest BCUT2D eigenvalue weighted by Gasteiger charge is -2.38. The molecule has 176 valence electrons. The van der Waals surface area contributed by atoms with Crippen LogP contribution in [0.2, 0.25) is 18.1 Å². The highest BCUT2D eigenvalue weighted by Gasteiger charge is 2.39. The number of allylic oxidation sites excluding steroid dienone is 4. The van der Waals surface area contributed by atoms with Crippen LogP contribution in [0, 0.1) is 35.0 Å². The Bertz CT molecular complexity index is 815. The monoisotopic (exact) mass is 452 g/mol. The van der Waals surface area contributed by atoms with Crippen LogP contribution in [-0.2, 0) is 9.22 Å². The summed E-state index contributed by atoms with van der Waals surface area (Å²) >= 11 is 0. The quantitative estimate of drug-likeness (QED) is 0.155. The van der Waals surface area contributed by atoms with Crippen LogP contribution in [0.4, 0.5) is 0 Å². The second-order valence-corrected chi connectivity index (χ2v) is 15.8. The molecular weight excluding hydrogens is 408 g/mol. The Labute approximate surface area is 199 Å². The lowest BCUT2D eigenvalue weighted by atomic mass is 9.76.